The van der Waals surface area contributed by atoms with E-state index in [0.717, 1.165) is 17.3 Å². The fourth-order valence-electron chi connectivity index (χ4n) is 4.22. The van der Waals surface area contributed by atoms with Crippen LogP contribution in [0.15, 0.2) is 28.9 Å². The molecule has 182 valence electrons. The monoisotopic (exact) mass is 497 g/mol. The highest BCUT2D eigenvalue weighted by atomic mass is 35.5. The van der Waals surface area contributed by atoms with Crippen molar-refractivity contribution in [1.29, 1.82) is 0 Å². The molecule has 0 amide bonds. The lowest BCUT2D eigenvalue weighted by molar-refractivity contribution is -0.145. The van der Waals surface area contributed by atoms with Gasteiger partial charge in [0.1, 0.15) is 17.0 Å². The Balaban J connectivity index is 1.89. The van der Waals surface area contributed by atoms with Gasteiger partial charge in [-0.05, 0) is 31.7 Å². The Hall–Kier alpha value is -3.01. The maximum atomic E-state index is 14.2. The van der Waals surface area contributed by atoms with Crippen LogP contribution in [0.1, 0.15) is 55.2 Å². The number of halogens is 4. The van der Waals surface area contributed by atoms with Gasteiger partial charge in [-0.3, -0.25) is 4.68 Å². The number of nitrogens with zero attached hydrogens (tertiary/aromatic N) is 3. The number of aromatic nitrogens is 3. The number of esters is 1. The number of hydrogen-bond acceptors (Lipinski definition) is 6. The predicted octanol–water partition coefficient (Wildman–Crippen LogP) is 6.42. The molecule has 34 heavy (non-hydrogen) atoms. The first-order valence-corrected chi connectivity index (χ1v) is 11.2. The minimum atomic E-state index is -4.74. The van der Waals surface area contributed by atoms with Crippen LogP contribution in [0.2, 0.25) is 5.02 Å². The summed E-state index contributed by atoms with van der Waals surface area (Å²) in [4.78, 5) is 12.9. The second-order valence-corrected chi connectivity index (χ2v) is 8.40. The van der Waals surface area contributed by atoms with Gasteiger partial charge in [-0.15, -0.1) is 0 Å². The second kappa shape index (κ2) is 9.32. The number of ether oxygens (including phenoxy) is 2. The van der Waals surface area contributed by atoms with Gasteiger partial charge in [0.15, 0.2) is 11.5 Å². The van der Waals surface area contributed by atoms with Crippen LogP contribution in [0, 0.1) is 5.92 Å². The molecule has 1 aromatic carbocycles. The van der Waals surface area contributed by atoms with Crippen molar-refractivity contribution >= 4 is 17.6 Å². The Morgan fingerprint density at radius 1 is 1.26 bits per heavy atom. The third-order valence-electron chi connectivity index (χ3n) is 6.05. The van der Waals surface area contributed by atoms with Crippen LogP contribution in [-0.4, -0.2) is 34.6 Å². The molecule has 7 nitrogen and oxygen atoms in total. The molecule has 1 aliphatic carbocycles. The smallest absolute Gasteiger partial charge is 0.433 e. The van der Waals surface area contributed by atoms with Gasteiger partial charge in [-0.1, -0.05) is 42.2 Å². The molecule has 11 heteroatoms. The van der Waals surface area contributed by atoms with Gasteiger partial charge in [0.05, 0.1) is 36.5 Å². The second-order valence-electron chi connectivity index (χ2n) is 8.03. The molecule has 0 unspecified atom stereocenters. The predicted molar refractivity (Wildman–Crippen MR) is 118 cm³/mol. The van der Waals surface area contributed by atoms with E-state index in [-0.39, 0.29) is 45.8 Å². The van der Waals surface area contributed by atoms with E-state index in [1.54, 1.807) is 25.1 Å². The first-order valence-electron chi connectivity index (χ1n) is 10.9. The average Bonchev–Trinajstić information content (AvgIpc) is 3.38. The van der Waals surface area contributed by atoms with Crippen LogP contribution >= 0.6 is 11.6 Å². The van der Waals surface area contributed by atoms with E-state index in [4.69, 9.17) is 25.6 Å². The van der Waals surface area contributed by atoms with Crippen molar-refractivity contribution in [3.05, 3.63) is 40.7 Å². The van der Waals surface area contributed by atoms with E-state index >= 15 is 0 Å². The first-order chi connectivity index (χ1) is 16.2. The van der Waals surface area contributed by atoms with Gasteiger partial charge in [-0.2, -0.15) is 18.3 Å². The highest BCUT2D eigenvalue weighted by Gasteiger charge is 2.44. The molecule has 1 fully saturated rings. The van der Waals surface area contributed by atoms with E-state index in [9.17, 15) is 18.0 Å². The minimum absolute atomic E-state index is 0.000602. The zero-order valence-electron chi connectivity index (χ0n) is 18.8. The third-order valence-corrected chi connectivity index (χ3v) is 6.44. The van der Waals surface area contributed by atoms with Crippen molar-refractivity contribution in [3.63, 3.8) is 0 Å². The lowest BCUT2D eigenvalue weighted by Gasteiger charge is -2.36. The van der Waals surface area contributed by atoms with Crippen LogP contribution < -0.4 is 4.74 Å². The Bertz CT molecular complexity index is 1200. The first kappa shape index (κ1) is 24.1. The molecule has 2 aromatic heterocycles. The molecule has 0 atom stereocenters. The Morgan fingerprint density at radius 2 is 2.00 bits per heavy atom. The summed E-state index contributed by atoms with van der Waals surface area (Å²) in [7, 11) is 1.42. The van der Waals surface area contributed by atoms with E-state index in [0.29, 0.717) is 24.5 Å². The summed E-state index contributed by atoms with van der Waals surface area (Å²) in [5, 5.41) is 8.08. The summed E-state index contributed by atoms with van der Waals surface area (Å²) in [6, 6.07) is 4.40. The molecular weight excluding hydrogens is 475 g/mol. The summed E-state index contributed by atoms with van der Waals surface area (Å²) in [5.74, 6) is -0.598. The Morgan fingerprint density at radius 3 is 2.62 bits per heavy atom. The van der Waals surface area contributed by atoms with E-state index in [1.165, 1.54) is 7.11 Å². The largest absolute Gasteiger partial charge is 0.495 e. The Kier molecular flexibility index (Phi) is 6.62. The van der Waals surface area contributed by atoms with Gasteiger partial charge in [0, 0.05) is 5.56 Å². The summed E-state index contributed by atoms with van der Waals surface area (Å²) < 4.78 is 59.3. The van der Waals surface area contributed by atoms with Crippen LogP contribution in [0.3, 0.4) is 0 Å². The maximum absolute atomic E-state index is 14.2. The van der Waals surface area contributed by atoms with Crippen molar-refractivity contribution in [2.45, 2.75) is 45.3 Å². The summed E-state index contributed by atoms with van der Waals surface area (Å²) >= 11 is 6.40. The molecule has 0 saturated heterocycles. The molecule has 1 aliphatic rings. The van der Waals surface area contributed by atoms with E-state index < -0.39 is 17.8 Å². The highest BCUT2D eigenvalue weighted by Crippen LogP contribution is 2.47. The zero-order chi connectivity index (χ0) is 24.6. The van der Waals surface area contributed by atoms with Crippen molar-refractivity contribution < 1.29 is 32.0 Å². The molecule has 0 spiro atoms. The number of benzene rings is 1. The maximum Gasteiger partial charge on any atom is 0.433 e. The molecule has 0 bridgehead atoms. The molecule has 4 rings (SSSR count). The number of methoxy groups -OCH3 is 1. The van der Waals surface area contributed by atoms with E-state index in [1.807, 2.05) is 6.92 Å². The molecule has 0 aliphatic heterocycles. The minimum Gasteiger partial charge on any atom is -0.495 e. The van der Waals surface area contributed by atoms with Gasteiger partial charge < -0.3 is 14.0 Å². The van der Waals surface area contributed by atoms with Gasteiger partial charge in [0.2, 0.25) is 0 Å². The standard InChI is InChI=1S/C23H23ClF3N3O4/c1-4-12-9-13(10-12)30-21(23(25,26)27)15(11-28-30)20-17(22(31)33-5-2)19(29-34-20)14-7-6-8-16(32-3)18(14)24/h6-8,11-13H,4-5,9-10H2,1-3H3/t12-,13+. The molecule has 1 saturated carbocycles. The van der Waals surface area contributed by atoms with Crippen LogP contribution in [0.5, 0.6) is 5.75 Å². The Labute approximate surface area is 198 Å². The van der Waals surface area contributed by atoms with Crippen molar-refractivity contribution in [2.24, 2.45) is 5.92 Å². The SMILES string of the molecule is CCOC(=O)c1c(-c2cccc(OC)c2Cl)noc1-c1cnn([C@H]2C[C@@H](CC)C2)c1C(F)(F)F. The van der Waals surface area contributed by atoms with Crippen molar-refractivity contribution in [1.82, 2.24) is 14.9 Å². The number of alkyl halides is 3. The number of carbonyl (C=O) groups excluding carboxylic acids is 1. The molecular formula is C23H23ClF3N3O4. The number of carbonyl (C=O) groups is 1. The van der Waals surface area contributed by atoms with Crippen LogP contribution in [0.25, 0.3) is 22.6 Å². The summed E-state index contributed by atoms with van der Waals surface area (Å²) in [6.45, 7) is 3.59. The lowest BCUT2D eigenvalue weighted by Crippen LogP contribution is -2.30. The molecule has 3 aromatic rings. The van der Waals surface area contributed by atoms with Gasteiger partial charge >= 0.3 is 12.1 Å². The fourth-order valence-corrected chi connectivity index (χ4v) is 4.52. The van der Waals surface area contributed by atoms with Gasteiger partial charge in [-0.25, -0.2) is 4.79 Å². The van der Waals surface area contributed by atoms with Crippen molar-refractivity contribution in [2.75, 3.05) is 13.7 Å². The summed E-state index contributed by atoms with van der Waals surface area (Å²) in [6.07, 6.45) is -1.58. The highest BCUT2D eigenvalue weighted by molar-refractivity contribution is 6.35. The normalized spacial score (nSPS) is 18.0. The molecule has 0 N–H and O–H groups in total. The number of rotatable bonds is 7. The quantitative estimate of drug-likeness (QED) is 0.350. The summed E-state index contributed by atoms with van der Waals surface area (Å²) in [5.41, 5.74) is -1.43. The van der Waals surface area contributed by atoms with E-state index in [2.05, 4.69) is 10.3 Å². The third kappa shape index (κ3) is 4.15. The molecule has 0 radical (unpaired) electrons. The van der Waals surface area contributed by atoms with Gasteiger partial charge in [0.25, 0.3) is 0 Å². The number of hydrogen-bond donors (Lipinski definition) is 0. The molecule has 2 heterocycles. The van der Waals surface area contributed by atoms with Crippen LogP contribution in [-0.2, 0) is 10.9 Å². The zero-order valence-corrected chi connectivity index (χ0v) is 19.5. The average molecular weight is 498 g/mol. The van der Waals surface area contributed by atoms with Crippen LogP contribution in [0.4, 0.5) is 13.2 Å². The topological polar surface area (TPSA) is 79.4 Å². The fraction of sp³-hybridized carbons (Fsp3) is 0.435. The van der Waals surface area contributed by atoms with Crippen molar-refractivity contribution in [3.8, 4) is 28.3 Å². The lowest BCUT2D eigenvalue weighted by atomic mass is 9.78.